The minimum Gasteiger partial charge on any atom is -0.294 e. The van der Waals surface area contributed by atoms with Crippen molar-refractivity contribution in [1.29, 1.82) is 0 Å². The second-order valence-electron chi connectivity index (χ2n) is 2.32. The molecule has 0 N–H and O–H groups in total. The highest BCUT2D eigenvalue weighted by molar-refractivity contribution is 9.09. The van der Waals surface area contributed by atoms with Gasteiger partial charge in [0, 0.05) is 5.33 Å². The minimum absolute atomic E-state index is 0.138. The Morgan fingerprint density at radius 3 is 3.08 bits per heavy atom. The van der Waals surface area contributed by atoms with Gasteiger partial charge in [0.25, 0.3) is 0 Å². The number of hydrogen-bond donors (Lipinski definition) is 0. The van der Waals surface area contributed by atoms with E-state index in [1.807, 2.05) is 23.6 Å². The normalized spacial score (nSPS) is 10.8. The maximum atomic E-state index is 11.1. The molecule has 3 heteroatoms. The van der Waals surface area contributed by atoms with Crippen molar-refractivity contribution < 1.29 is 4.79 Å². The Bertz CT molecular complexity index is 301. The standard InChI is InChI=1S/C9H9BrOS/c1-7(11)9-8(3-2-5-10)4-6-12-9/h2-4,6H,5H2,1H3. The van der Waals surface area contributed by atoms with Crippen molar-refractivity contribution in [1.82, 2.24) is 0 Å². The van der Waals surface area contributed by atoms with E-state index < -0.39 is 0 Å². The van der Waals surface area contributed by atoms with Gasteiger partial charge in [-0.15, -0.1) is 11.3 Å². The van der Waals surface area contributed by atoms with E-state index in [0.717, 1.165) is 15.8 Å². The van der Waals surface area contributed by atoms with Gasteiger partial charge >= 0.3 is 0 Å². The second-order valence-corrected chi connectivity index (χ2v) is 3.88. The number of carbonyl (C=O) groups excluding carboxylic acids is 1. The zero-order valence-electron chi connectivity index (χ0n) is 6.71. The third-order valence-electron chi connectivity index (χ3n) is 1.40. The summed E-state index contributed by atoms with van der Waals surface area (Å²) in [4.78, 5) is 11.9. The molecule has 1 aromatic rings. The molecule has 0 spiro atoms. The number of allylic oxidation sites excluding steroid dienone is 1. The van der Waals surface area contributed by atoms with Gasteiger partial charge in [0.2, 0.25) is 0 Å². The molecule has 0 bridgehead atoms. The van der Waals surface area contributed by atoms with Gasteiger partial charge in [-0.1, -0.05) is 28.1 Å². The van der Waals surface area contributed by atoms with Crippen molar-refractivity contribution in [2.24, 2.45) is 0 Å². The van der Waals surface area contributed by atoms with Crippen LogP contribution in [0.5, 0.6) is 0 Å². The molecule has 0 aliphatic carbocycles. The van der Waals surface area contributed by atoms with Crippen molar-refractivity contribution in [2.75, 3.05) is 5.33 Å². The van der Waals surface area contributed by atoms with Gasteiger partial charge in [-0.25, -0.2) is 0 Å². The van der Waals surface area contributed by atoms with Crippen LogP contribution in [0.25, 0.3) is 6.08 Å². The van der Waals surface area contributed by atoms with Crippen molar-refractivity contribution >= 4 is 39.1 Å². The maximum absolute atomic E-state index is 11.1. The molecule has 0 saturated heterocycles. The number of hydrogen-bond acceptors (Lipinski definition) is 2. The lowest BCUT2D eigenvalue weighted by atomic mass is 10.2. The number of alkyl halides is 1. The molecule has 0 radical (unpaired) electrons. The molecule has 0 fully saturated rings. The summed E-state index contributed by atoms with van der Waals surface area (Å²) < 4.78 is 0. The Morgan fingerprint density at radius 1 is 1.75 bits per heavy atom. The fraction of sp³-hybridized carbons (Fsp3) is 0.222. The van der Waals surface area contributed by atoms with Crippen molar-refractivity contribution in [3.8, 4) is 0 Å². The summed E-state index contributed by atoms with van der Waals surface area (Å²) in [6.45, 7) is 1.59. The Kier molecular flexibility index (Phi) is 3.69. The number of Topliss-reactive ketones (excluding diaryl/α,β-unsaturated/α-hetero) is 1. The van der Waals surface area contributed by atoms with E-state index in [-0.39, 0.29) is 5.78 Å². The summed E-state index contributed by atoms with van der Waals surface area (Å²) in [5.74, 6) is 0.138. The van der Waals surface area contributed by atoms with Gasteiger partial charge in [0.1, 0.15) is 0 Å². The molecule has 1 rings (SSSR count). The lowest BCUT2D eigenvalue weighted by molar-refractivity contribution is 0.102. The van der Waals surface area contributed by atoms with E-state index in [0.29, 0.717) is 0 Å². The van der Waals surface area contributed by atoms with E-state index in [1.165, 1.54) is 11.3 Å². The predicted molar refractivity (Wildman–Crippen MR) is 57.2 cm³/mol. The van der Waals surface area contributed by atoms with Gasteiger partial charge in [0.05, 0.1) is 4.88 Å². The molecule has 0 atom stereocenters. The molecule has 1 nitrogen and oxygen atoms in total. The first-order valence-electron chi connectivity index (χ1n) is 3.56. The molecule has 64 valence electrons. The molecule has 0 saturated carbocycles. The van der Waals surface area contributed by atoms with Gasteiger partial charge in [0.15, 0.2) is 5.78 Å². The molecular weight excluding hydrogens is 236 g/mol. The number of carbonyl (C=O) groups is 1. The highest BCUT2D eigenvalue weighted by Crippen LogP contribution is 2.18. The van der Waals surface area contributed by atoms with E-state index in [1.54, 1.807) is 6.92 Å². The van der Waals surface area contributed by atoms with Crippen LogP contribution in [-0.4, -0.2) is 11.1 Å². The van der Waals surface area contributed by atoms with Crippen molar-refractivity contribution in [3.63, 3.8) is 0 Å². The van der Waals surface area contributed by atoms with Crippen molar-refractivity contribution in [3.05, 3.63) is 28.0 Å². The van der Waals surface area contributed by atoms with E-state index in [9.17, 15) is 4.79 Å². The summed E-state index contributed by atoms with van der Waals surface area (Å²) in [6, 6.07) is 1.96. The summed E-state index contributed by atoms with van der Waals surface area (Å²) in [5, 5.41) is 2.75. The predicted octanol–water partition coefficient (Wildman–Crippen LogP) is 3.36. The molecule has 0 aromatic carbocycles. The van der Waals surface area contributed by atoms with Gasteiger partial charge in [-0.2, -0.15) is 0 Å². The average molecular weight is 245 g/mol. The summed E-state index contributed by atoms with van der Waals surface area (Å²) >= 11 is 4.78. The number of thiophene rings is 1. The Labute approximate surface area is 84.2 Å². The van der Waals surface area contributed by atoms with Crippen LogP contribution in [-0.2, 0) is 0 Å². The minimum atomic E-state index is 0.138. The maximum Gasteiger partial charge on any atom is 0.170 e. The molecule has 0 unspecified atom stereocenters. The summed E-state index contributed by atoms with van der Waals surface area (Å²) in [6.07, 6.45) is 3.94. The van der Waals surface area contributed by atoms with Gasteiger partial charge in [-0.3, -0.25) is 4.79 Å². The van der Waals surface area contributed by atoms with Crippen molar-refractivity contribution in [2.45, 2.75) is 6.92 Å². The largest absolute Gasteiger partial charge is 0.294 e. The number of rotatable bonds is 3. The van der Waals surface area contributed by atoms with Crippen LogP contribution in [0.15, 0.2) is 17.5 Å². The van der Waals surface area contributed by atoms with Crippen LogP contribution in [0.4, 0.5) is 0 Å². The average Bonchev–Trinajstić information content (AvgIpc) is 2.48. The lowest BCUT2D eigenvalue weighted by Gasteiger charge is -1.91. The fourth-order valence-electron chi connectivity index (χ4n) is 0.908. The van der Waals surface area contributed by atoms with Gasteiger partial charge < -0.3 is 0 Å². The molecule has 1 aromatic heterocycles. The highest BCUT2D eigenvalue weighted by atomic mass is 79.9. The van der Waals surface area contributed by atoms with E-state index in [4.69, 9.17) is 0 Å². The van der Waals surface area contributed by atoms with Crippen LogP contribution in [0.3, 0.4) is 0 Å². The highest BCUT2D eigenvalue weighted by Gasteiger charge is 2.04. The molecule has 12 heavy (non-hydrogen) atoms. The molecule has 0 aliphatic rings. The van der Waals surface area contributed by atoms with Gasteiger partial charge in [-0.05, 0) is 23.9 Å². The summed E-state index contributed by atoms with van der Waals surface area (Å²) in [5.41, 5.74) is 1.02. The lowest BCUT2D eigenvalue weighted by Crippen LogP contribution is -1.88. The molecule has 1 heterocycles. The zero-order valence-corrected chi connectivity index (χ0v) is 9.11. The third kappa shape index (κ3) is 2.29. The topological polar surface area (TPSA) is 17.1 Å². The SMILES string of the molecule is CC(=O)c1sccc1C=CCBr. The van der Waals surface area contributed by atoms with E-state index in [2.05, 4.69) is 15.9 Å². The monoisotopic (exact) mass is 244 g/mol. The molecule has 0 aliphatic heterocycles. The quantitative estimate of drug-likeness (QED) is 0.589. The molecule has 0 amide bonds. The Morgan fingerprint density at radius 2 is 2.50 bits per heavy atom. The first-order valence-corrected chi connectivity index (χ1v) is 5.56. The second kappa shape index (κ2) is 4.58. The van der Waals surface area contributed by atoms with E-state index >= 15 is 0 Å². The third-order valence-corrected chi connectivity index (χ3v) is 2.81. The van der Waals surface area contributed by atoms with Crippen LogP contribution in [0, 0.1) is 0 Å². The number of halogens is 1. The van der Waals surface area contributed by atoms with Crippen LogP contribution in [0.1, 0.15) is 22.2 Å². The number of ketones is 1. The first-order chi connectivity index (χ1) is 5.75. The summed E-state index contributed by atoms with van der Waals surface area (Å²) in [7, 11) is 0. The zero-order chi connectivity index (χ0) is 8.97. The Hall–Kier alpha value is -0.410. The smallest absolute Gasteiger partial charge is 0.170 e. The van der Waals surface area contributed by atoms with Crippen LogP contribution < -0.4 is 0 Å². The van der Waals surface area contributed by atoms with Crippen LogP contribution >= 0.6 is 27.3 Å². The van der Waals surface area contributed by atoms with Crippen LogP contribution in [0.2, 0.25) is 0 Å². The molecular formula is C9H9BrOS. The Balaban J connectivity index is 2.91. The fourth-order valence-corrected chi connectivity index (χ4v) is 1.88. The first kappa shape index (κ1) is 9.68.